The molecule has 10 heteroatoms. The van der Waals surface area contributed by atoms with E-state index >= 15 is 0 Å². The van der Waals surface area contributed by atoms with Gasteiger partial charge in [-0.05, 0) is 24.6 Å². The van der Waals surface area contributed by atoms with Crippen molar-refractivity contribution < 1.29 is 31.5 Å². The van der Waals surface area contributed by atoms with Crippen LogP contribution >= 0.6 is 24.0 Å². The molecule has 0 aliphatic carbocycles. The largest absolute Gasteiger partial charge is 0.462 e. The van der Waals surface area contributed by atoms with Gasteiger partial charge >= 0.3 is 18.1 Å². The number of halogens is 7. The van der Waals surface area contributed by atoms with Crippen LogP contribution in [-0.2, 0) is 15.7 Å². The normalized spacial score (nSPS) is 13.3. The van der Waals surface area contributed by atoms with Crippen molar-refractivity contribution in [1.82, 2.24) is 0 Å². The third kappa shape index (κ3) is 4.44. The van der Waals surface area contributed by atoms with Gasteiger partial charge in [0, 0.05) is 0 Å². The summed E-state index contributed by atoms with van der Waals surface area (Å²) in [6, 6.07) is -0.246. The first-order chi connectivity index (χ1) is 9.51. The van der Waals surface area contributed by atoms with E-state index in [1.807, 2.05) is 0 Å². The number of carbonyl (C=O) groups is 1. The van der Waals surface area contributed by atoms with Crippen molar-refractivity contribution in [3.8, 4) is 0 Å². The molecule has 1 aromatic rings. The zero-order valence-corrected chi connectivity index (χ0v) is 12.7. The first-order valence-electron chi connectivity index (χ1n) is 5.69. The second-order valence-electron chi connectivity index (χ2n) is 4.06. The highest BCUT2D eigenvalue weighted by atomic mass is 35.5. The van der Waals surface area contributed by atoms with Gasteiger partial charge in [0.25, 0.3) is 0 Å². The molecule has 0 aliphatic heterocycles. The molecule has 1 rings (SSSR count). The number of carbonyl (C=O) groups excluding carboxylic acids is 1. The summed E-state index contributed by atoms with van der Waals surface area (Å²) in [7, 11) is 0. The molecular formula is C12H12Cl2F5NO2. The number of hydrogen-bond donors (Lipinski definition) is 1. The predicted octanol–water partition coefficient (Wildman–Crippen LogP) is 3.98. The smallest absolute Gasteiger partial charge is 0.417 e. The highest BCUT2D eigenvalue weighted by molar-refractivity contribution is 6.31. The van der Waals surface area contributed by atoms with Crippen LogP contribution in [0.2, 0.25) is 5.02 Å². The zero-order valence-electron chi connectivity index (χ0n) is 11.1. The molecular weight excluding hydrogens is 356 g/mol. The average molecular weight is 368 g/mol. The minimum Gasteiger partial charge on any atom is -0.462 e. The molecule has 22 heavy (non-hydrogen) atoms. The maximum Gasteiger partial charge on any atom is 0.417 e. The summed E-state index contributed by atoms with van der Waals surface area (Å²) in [6.45, 7) is 1.05. The Kier molecular flexibility index (Phi) is 7.05. The molecule has 0 saturated carbocycles. The Morgan fingerprint density at radius 2 is 1.86 bits per heavy atom. The van der Waals surface area contributed by atoms with Gasteiger partial charge in [-0.3, -0.25) is 0 Å². The highest BCUT2D eigenvalue weighted by Crippen LogP contribution is 2.38. The molecule has 1 atom stereocenters. The maximum absolute atomic E-state index is 13.7. The van der Waals surface area contributed by atoms with Crippen molar-refractivity contribution in [3.63, 3.8) is 0 Å². The SMILES string of the molecule is CCOC(=O)C(F)(F)[C@H](N)c1ccc(C(F)(F)F)c(Cl)c1.Cl. The summed E-state index contributed by atoms with van der Waals surface area (Å²) in [4.78, 5) is 11.1. The standard InChI is InChI=1S/C12H11ClF5NO2.ClH/c1-2-21-10(20)11(14,15)9(19)6-3-4-7(8(13)5-6)12(16,17)18;/h3-5,9H,2,19H2,1H3;1H/t9-;/m1./s1. The van der Waals surface area contributed by atoms with Gasteiger partial charge in [-0.25, -0.2) is 4.79 Å². The maximum atomic E-state index is 13.7. The van der Waals surface area contributed by atoms with Gasteiger partial charge in [-0.1, -0.05) is 17.7 Å². The van der Waals surface area contributed by atoms with Gasteiger partial charge in [0.15, 0.2) is 0 Å². The number of ether oxygens (including phenoxy) is 1. The van der Waals surface area contributed by atoms with Crippen molar-refractivity contribution in [3.05, 3.63) is 34.3 Å². The van der Waals surface area contributed by atoms with Crippen molar-refractivity contribution in [2.45, 2.75) is 25.1 Å². The zero-order chi connectivity index (χ0) is 16.4. The van der Waals surface area contributed by atoms with Crippen LogP contribution in [0.3, 0.4) is 0 Å². The van der Waals surface area contributed by atoms with Gasteiger partial charge in [-0.15, -0.1) is 12.4 Å². The minimum absolute atomic E-state index is 0. The topological polar surface area (TPSA) is 52.3 Å². The molecule has 0 unspecified atom stereocenters. The highest BCUT2D eigenvalue weighted by Gasteiger charge is 2.48. The van der Waals surface area contributed by atoms with Crippen LogP contribution in [0.25, 0.3) is 0 Å². The Morgan fingerprint density at radius 3 is 2.27 bits per heavy atom. The van der Waals surface area contributed by atoms with E-state index < -0.39 is 40.3 Å². The molecule has 0 heterocycles. The summed E-state index contributed by atoms with van der Waals surface area (Å²) in [5.74, 6) is -5.94. The van der Waals surface area contributed by atoms with Crippen LogP contribution in [0.5, 0.6) is 0 Å². The lowest BCUT2D eigenvalue weighted by Crippen LogP contribution is -2.41. The number of nitrogens with two attached hydrogens (primary N) is 1. The van der Waals surface area contributed by atoms with E-state index in [4.69, 9.17) is 17.3 Å². The molecule has 0 fully saturated rings. The average Bonchev–Trinajstić information content (AvgIpc) is 2.36. The van der Waals surface area contributed by atoms with Gasteiger partial charge < -0.3 is 10.5 Å². The van der Waals surface area contributed by atoms with Crippen LogP contribution in [0.15, 0.2) is 18.2 Å². The number of benzene rings is 1. The summed E-state index contributed by atoms with van der Waals surface area (Å²) >= 11 is 5.41. The Bertz CT molecular complexity index is 537. The fourth-order valence-electron chi connectivity index (χ4n) is 1.52. The lowest BCUT2D eigenvalue weighted by molar-refractivity contribution is -0.174. The first kappa shape index (κ1) is 20.9. The van der Waals surface area contributed by atoms with Crippen molar-refractivity contribution in [2.24, 2.45) is 5.73 Å². The molecule has 0 aromatic heterocycles. The van der Waals surface area contributed by atoms with E-state index in [1.54, 1.807) is 0 Å². The third-order valence-corrected chi connectivity index (χ3v) is 2.91. The molecule has 0 bridgehead atoms. The van der Waals surface area contributed by atoms with Gasteiger partial charge in [0.05, 0.1) is 17.2 Å². The van der Waals surface area contributed by atoms with Crippen molar-refractivity contribution in [2.75, 3.05) is 6.61 Å². The second kappa shape index (κ2) is 7.43. The van der Waals surface area contributed by atoms with E-state index in [0.29, 0.717) is 12.1 Å². The molecule has 3 nitrogen and oxygen atoms in total. The van der Waals surface area contributed by atoms with Crippen LogP contribution in [0, 0.1) is 0 Å². The number of rotatable bonds is 4. The Morgan fingerprint density at radius 1 is 1.32 bits per heavy atom. The molecule has 0 radical (unpaired) electrons. The van der Waals surface area contributed by atoms with Gasteiger partial charge in [0.1, 0.15) is 6.04 Å². The van der Waals surface area contributed by atoms with E-state index in [9.17, 15) is 26.7 Å². The third-order valence-electron chi connectivity index (χ3n) is 2.60. The van der Waals surface area contributed by atoms with E-state index in [0.717, 1.165) is 6.07 Å². The van der Waals surface area contributed by atoms with E-state index in [-0.39, 0.29) is 19.0 Å². The second-order valence-corrected chi connectivity index (χ2v) is 4.47. The molecule has 126 valence electrons. The molecule has 2 N–H and O–H groups in total. The van der Waals surface area contributed by atoms with Gasteiger partial charge in [0.2, 0.25) is 0 Å². The monoisotopic (exact) mass is 367 g/mol. The molecule has 0 aliphatic rings. The van der Waals surface area contributed by atoms with E-state index in [1.165, 1.54) is 6.92 Å². The summed E-state index contributed by atoms with van der Waals surface area (Å²) in [5.41, 5.74) is 3.65. The van der Waals surface area contributed by atoms with Crippen molar-refractivity contribution in [1.29, 1.82) is 0 Å². The van der Waals surface area contributed by atoms with Crippen LogP contribution in [0.4, 0.5) is 22.0 Å². The number of hydrogen-bond acceptors (Lipinski definition) is 3. The quantitative estimate of drug-likeness (QED) is 0.646. The van der Waals surface area contributed by atoms with E-state index in [2.05, 4.69) is 4.74 Å². The summed E-state index contributed by atoms with van der Waals surface area (Å²) in [6.07, 6.45) is -4.72. The minimum atomic E-state index is -4.72. The molecule has 0 spiro atoms. The predicted molar refractivity (Wildman–Crippen MR) is 72.2 cm³/mol. The number of alkyl halides is 5. The lowest BCUT2D eigenvalue weighted by Gasteiger charge is -2.22. The summed E-state index contributed by atoms with van der Waals surface area (Å²) < 4.78 is 69.1. The summed E-state index contributed by atoms with van der Waals surface area (Å²) in [5, 5.41) is -0.782. The lowest BCUT2D eigenvalue weighted by atomic mass is 10.00. The Hall–Kier alpha value is -1.12. The first-order valence-corrected chi connectivity index (χ1v) is 6.06. The Labute approximate surface area is 134 Å². The molecule has 0 amide bonds. The molecule has 0 saturated heterocycles. The van der Waals surface area contributed by atoms with Crippen LogP contribution < -0.4 is 5.73 Å². The van der Waals surface area contributed by atoms with Crippen LogP contribution in [0.1, 0.15) is 24.1 Å². The Balaban J connectivity index is 0.00000441. The van der Waals surface area contributed by atoms with Crippen LogP contribution in [-0.4, -0.2) is 18.5 Å². The fourth-order valence-corrected chi connectivity index (χ4v) is 1.81. The van der Waals surface area contributed by atoms with Gasteiger partial charge in [-0.2, -0.15) is 22.0 Å². The molecule has 1 aromatic carbocycles. The fraction of sp³-hybridized carbons (Fsp3) is 0.417. The number of esters is 1. The van der Waals surface area contributed by atoms with Crippen molar-refractivity contribution >= 4 is 30.0 Å².